The lowest BCUT2D eigenvalue weighted by Crippen LogP contribution is -2.13. The highest BCUT2D eigenvalue weighted by Gasteiger charge is 2.08. The van der Waals surface area contributed by atoms with E-state index in [0.717, 1.165) is 5.69 Å². The van der Waals surface area contributed by atoms with E-state index in [1.807, 2.05) is 19.1 Å². The topological polar surface area (TPSA) is 68.3 Å². The van der Waals surface area contributed by atoms with Gasteiger partial charge < -0.3 is 10.1 Å². The van der Waals surface area contributed by atoms with Gasteiger partial charge in [0.05, 0.1) is 0 Å². The number of benzene rings is 1. The summed E-state index contributed by atoms with van der Waals surface area (Å²) >= 11 is 0. The summed E-state index contributed by atoms with van der Waals surface area (Å²) in [5, 5.41) is 2.71. The molecule has 21 heavy (non-hydrogen) atoms. The normalized spacial score (nSPS) is 10.0. The lowest BCUT2D eigenvalue weighted by molar-refractivity contribution is -0.134. The minimum atomic E-state index is -0.309. The molecule has 5 heteroatoms. The minimum absolute atomic E-state index is 0.263. The van der Waals surface area contributed by atoms with E-state index >= 15 is 0 Å². The average molecular weight is 284 g/mol. The van der Waals surface area contributed by atoms with E-state index in [-0.39, 0.29) is 11.9 Å². The number of carbonyl (C=O) groups is 2. The number of rotatable bonds is 4. The highest BCUT2D eigenvalue weighted by atomic mass is 16.5. The van der Waals surface area contributed by atoms with Crippen LogP contribution in [-0.2, 0) is 4.79 Å². The molecule has 1 heterocycles. The summed E-state index contributed by atoms with van der Waals surface area (Å²) in [5.74, 6) is 0.353. The van der Waals surface area contributed by atoms with Crippen LogP contribution >= 0.6 is 0 Å². The zero-order chi connectivity index (χ0) is 15.2. The van der Waals surface area contributed by atoms with E-state index in [0.29, 0.717) is 23.6 Å². The monoisotopic (exact) mass is 284 g/mol. The molecule has 0 atom stereocenters. The summed E-state index contributed by atoms with van der Waals surface area (Å²) in [4.78, 5) is 27.4. The Morgan fingerprint density at radius 1 is 1.14 bits per heavy atom. The Hall–Kier alpha value is -2.69. The Balaban J connectivity index is 2.04. The summed E-state index contributed by atoms with van der Waals surface area (Å²) in [7, 11) is 0. The number of aryl methyl sites for hydroxylation is 1. The first-order chi connectivity index (χ1) is 10.1. The zero-order valence-electron chi connectivity index (χ0n) is 11.9. The first-order valence-electron chi connectivity index (χ1n) is 6.64. The first-order valence-corrected chi connectivity index (χ1v) is 6.64. The molecule has 0 aliphatic carbocycles. The van der Waals surface area contributed by atoms with Gasteiger partial charge in [0, 0.05) is 17.7 Å². The van der Waals surface area contributed by atoms with Gasteiger partial charge >= 0.3 is 5.97 Å². The van der Waals surface area contributed by atoms with E-state index in [2.05, 4.69) is 10.3 Å². The predicted molar refractivity (Wildman–Crippen MR) is 79.3 cm³/mol. The molecule has 1 aromatic heterocycles. The highest BCUT2D eigenvalue weighted by molar-refractivity contribution is 6.03. The van der Waals surface area contributed by atoms with E-state index in [1.165, 1.54) is 0 Å². The molecule has 0 saturated carbocycles. The fourth-order valence-electron chi connectivity index (χ4n) is 1.68. The van der Waals surface area contributed by atoms with E-state index in [9.17, 15) is 9.59 Å². The molecule has 2 rings (SSSR count). The number of carbonyl (C=O) groups excluding carboxylic acids is 2. The second kappa shape index (κ2) is 6.65. The molecule has 1 N–H and O–H groups in total. The van der Waals surface area contributed by atoms with Crippen molar-refractivity contribution >= 4 is 17.7 Å². The van der Waals surface area contributed by atoms with Crippen LogP contribution in [0.1, 0.15) is 29.4 Å². The zero-order valence-corrected chi connectivity index (χ0v) is 11.9. The fraction of sp³-hybridized carbons (Fsp3) is 0.188. The van der Waals surface area contributed by atoms with Crippen molar-refractivity contribution < 1.29 is 14.3 Å². The third-order valence-electron chi connectivity index (χ3n) is 2.77. The van der Waals surface area contributed by atoms with Gasteiger partial charge in [-0.05, 0) is 43.3 Å². The number of anilines is 1. The number of pyridine rings is 1. The number of hydrogen-bond acceptors (Lipinski definition) is 4. The molecule has 0 spiro atoms. The number of aromatic nitrogens is 1. The SMILES string of the molecule is CCC(=O)Oc1ccc(C(=O)Nc2cccc(C)n2)cc1. The molecule has 0 unspecified atom stereocenters. The van der Waals surface area contributed by atoms with Crippen LogP contribution in [0.15, 0.2) is 42.5 Å². The van der Waals surface area contributed by atoms with Gasteiger partial charge in [0.1, 0.15) is 11.6 Å². The molecule has 0 fully saturated rings. The van der Waals surface area contributed by atoms with Crippen LogP contribution in [0, 0.1) is 6.92 Å². The molecular weight excluding hydrogens is 268 g/mol. The van der Waals surface area contributed by atoms with Crippen molar-refractivity contribution in [3.8, 4) is 5.75 Å². The second-order valence-electron chi connectivity index (χ2n) is 4.47. The quantitative estimate of drug-likeness (QED) is 0.692. The van der Waals surface area contributed by atoms with Crippen molar-refractivity contribution in [1.29, 1.82) is 0 Å². The molecule has 0 saturated heterocycles. The molecule has 0 aliphatic heterocycles. The number of ether oxygens (including phenoxy) is 1. The second-order valence-corrected chi connectivity index (χ2v) is 4.47. The number of hydrogen-bond donors (Lipinski definition) is 1. The van der Waals surface area contributed by atoms with Crippen molar-refractivity contribution in [1.82, 2.24) is 4.98 Å². The van der Waals surface area contributed by atoms with Gasteiger partial charge in [-0.25, -0.2) is 4.98 Å². The minimum Gasteiger partial charge on any atom is -0.427 e. The summed E-state index contributed by atoms with van der Waals surface area (Å²) in [6.45, 7) is 3.57. The highest BCUT2D eigenvalue weighted by Crippen LogP contribution is 2.14. The maximum atomic E-state index is 12.1. The fourth-order valence-corrected chi connectivity index (χ4v) is 1.68. The molecule has 1 aromatic carbocycles. The van der Waals surface area contributed by atoms with Crippen LogP contribution in [0.3, 0.4) is 0 Å². The maximum Gasteiger partial charge on any atom is 0.310 e. The van der Waals surface area contributed by atoms with Gasteiger partial charge in [-0.15, -0.1) is 0 Å². The van der Waals surface area contributed by atoms with Crippen LogP contribution in [0.2, 0.25) is 0 Å². The largest absolute Gasteiger partial charge is 0.427 e. The van der Waals surface area contributed by atoms with Crippen molar-refractivity contribution in [2.75, 3.05) is 5.32 Å². The maximum absolute atomic E-state index is 12.1. The van der Waals surface area contributed by atoms with E-state index in [4.69, 9.17) is 4.74 Å². The third-order valence-corrected chi connectivity index (χ3v) is 2.77. The van der Waals surface area contributed by atoms with Gasteiger partial charge in [-0.2, -0.15) is 0 Å². The van der Waals surface area contributed by atoms with Crippen LogP contribution in [0.4, 0.5) is 5.82 Å². The Morgan fingerprint density at radius 3 is 2.48 bits per heavy atom. The average Bonchev–Trinajstić information content (AvgIpc) is 2.47. The third kappa shape index (κ3) is 4.14. The molecular formula is C16H16N2O3. The smallest absolute Gasteiger partial charge is 0.310 e. The molecule has 2 aromatic rings. The van der Waals surface area contributed by atoms with Crippen LogP contribution in [0.5, 0.6) is 5.75 Å². The lowest BCUT2D eigenvalue weighted by Gasteiger charge is -2.06. The summed E-state index contributed by atoms with van der Waals surface area (Å²) in [6.07, 6.45) is 0.307. The van der Waals surface area contributed by atoms with Gasteiger partial charge in [0.25, 0.3) is 5.91 Å². The molecule has 108 valence electrons. The molecule has 0 radical (unpaired) electrons. The standard InChI is InChI=1S/C16H16N2O3/c1-3-15(19)21-13-9-7-12(8-10-13)16(20)18-14-6-4-5-11(2)17-14/h4-10H,3H2,1-2H3,(H,17,18,20). The van der Waals surface area contributed by atoms with Crippen LogP contribution in [0.25, 0.3) is 0 Å². The van der Waals surface area contributed by atoms with Crippen molar-refractivity contribution in [2.24, 2.45) is 0 Å². The van der Waals surface area contributed by atoms with Crippen LogP contribution in [-0.4, -0.2) is 16.9 Å². The van der Waals surface area contributed by atoms with E-state index < -0.39 is 0 Å². The van der Waals surface area contributed by atoms with Crippen molar-refractivity contribution in [3.05, 3.63) is 53.7 Å². The number of nitrogens with zero attached hydrogens (tertiary/aromatic N) is 1. The number of esters is 1. The van der Waals surface area contributed by atoms with Crippen LogP contribution < -0.4 is 10.1 Å². The number of amides is 1. The first kappa shape index (κ1) is 14.7. The molecule has 5 nitrogen and oxygen atoms in total. The van der Waals surface area contributed by atoms with Gasteiger partial charge in [0.2, 0.25) is 0 Å². The number of nitrogens with one attached hydrogen (secondary N) is 1. The van der Waals surface area contributed by atoms with Crippen molar-refractivity contribution in [3.63, 3.8) is 0 Å². The Labute approximate surface area is 123 Å². The van der Waals surface area contributed by atoms with Gasteiger partial charge in [-0.1, -0.05) is 13.0 Å². The van der Waals surface area contributed by atoms with Crippen molar-refractivity contribution in [2.45, 2.75) is 20.3 Å². The van der Waals surface area contributed by atoms with Gasteiger partial charge in [0.15, 0.2) is 0 Å². The van der Waals surface area contributed by atoms with E-state index in [1.54, 1.807) is 37.3 Å². The molecule has 0 aliphatic rings. The lowest BCUT2D eigenvalue weighted by atomic mass is 10.2. The predicted octanol–water partition coefficient (Wildman–Crippen LogP) is 2.96. The Bertz CT molecular complexity index is 651. The summed E-state index contributed by atoms with van der Waals surface area (Å²) in [5.41, 5.74) is 1.30. The molecule has 0 bridgehead atoms. The Morgan fingerprint density at radius 2 is 1.86 bits per heavy atom. The summed E-state index contributed by atoms with van der Waals surface area (Å²) < 4.78 is 5.05. The Kier molecular flexibility index (Phi) is 4.66. The summed E-state index contributed by atoms with van der Waals surface area (Å²) in [6, 6.07) is 11.8. The molecule has 1 amide bonds. The van der Waals surface area contributed by atoms with Gasteiger partial charge in [-0.3, -0.25) is 9.59 Å².